The maximum Gasteiger partial charge on any atom is 0.0463 e. The van der Waals surface area contributed by atoms with Gasteiger partial charge in [-0.1, -0.05) is 34.1 Å². The Morgan fingerprint density at radius 2 is 2.15 bits per heavy atom. The van der Waals surface area contributed by atoms with Crippen LogP contribution >= 0.6 is 15.9 Å². The highest BCUT2D eigenvalue weighted by Gasteiger charge is 2.51. The fourth-order valence-electron chi connectivity index (χ4n) is 2.73. The van der Waals surface area contributed by atoms with Crippen LogP contribution in [0.15, 0.2) is 28.7 Å². The lowest BCUT2D eigenvalue weighted by Crippen LogP contribution is -2.53. The van der Waals surface area contributed by atoms with Crippen molar-refractivity contribution in [3.8, 4) is 0 Å². The fourth-order valence-corrected chi connectivity index (χ4v) is 3.40. The zero-order chi connectivity index (χ0) is 8.89. The highest BCUT2D eigenvalue weighted by atomic mass is 79.9. The molecule has 1 N–H and O–H groups in total. The summed E-state index contributed by atoms with van der Waals surface area (Å²) in [5.41, 5.74) is 1.77. The Labute approximate surface area is 86.7 Å². The summed E-state index contributed by atoms with van der Waals surface area (Å²) < 4.78 is 1.25. The molecule has 2 aliphatic heterocycles. The lowest BCUT2D eigenvalue weighted by atomic mass is 9.83. The smallest absolute Gasteiger partial charge is 0.0463 e. The minimum atomic E-state index is 0.324. The van der Waals surface area contributed by atoms with Gasteiger partial charge in [-0.15, -0.1) is 0 Å². The van der Waals surface area contributed by atoms with Gasteiger partial charge in [-0.3, -0.25) is 0 Å². The van der Waals surface area contributed by atoms with Crippen molar-refractivity contribution in [2.24, 2.45) is 0 Å². The van der Waals surface area contributed by atoms with Crippen LogP contribution in [0.2, 0.25) is 0 Å². The van der Waals surface area contributed by atoms with Gasteiger partial charge in [0.15, 0.2) is 0 Å². The van der Waals surface area contributed by atoms with E-state index >= 15 is 0 Å². The average molecular weight is 238 g/mol. The van der Waals surface area contributed by atoms with Crippen molar-refractivity contribution in [1.29, 1.82) is 0 Å². The van der Waals surface area contributed by atoms with Crippen molar-refractivity contribution in [1.82, 2.24) is 5.32 Å². The fraction of sp³-hybridized carbons (Fsp3) is 0.455. The van der Waals surface area contributed by atoms with E-state index in [0.29, 0.717) is 5.54 Å². The van der Waals surface area contributed by atoms with Gasteiger partial charge in [-0.2, -0.15) is 0 Å². The molecular formula is C11H12BrN. The monoisotopic (exact) mass is 237 g/mol. The van der Waals surface area contributed by atoms with E-state index in [9.17, 15) is 0 Å². The van der Waals surface area contributed by atoms with Gasteiger partial charge >= 0.3 is 0 Å². The maximum absolute atomic E-state index is 3.66. The predicted octanol–water partition coefficient (Wildman–Crippen LogP) is 2.80. The van der Waals surface area contributed by atoms with E-state index in [1.807, 2.05) is 0 Å². The van der Waals surface area contributed by atoms with Crippen LogP contribution in [0.25, 0.3) is 0 Å². The molecule has 0 spiro atoms. The van der Waals surface area contributed by atoms with Gasteiger partial charge in [0.1, 0.15) is 0 Å². The molecular weight excluding hydrogens is 226 g/mol. The van der Waals surface area contributed by atoms with Crippen molar-refractivity contribution < 1.29 is 0 Å². The molecule has 0 aromatic heterocycles. The summed E-state index contributed by atoms with van der Waals surface area (Å²) in [5.74, 6) is 0. The van der Waals surface area contributed by atoms with E-state index in [1.165, 1.54) is 29.3 Å². The number of halogens is 1. The number of benzene rings is 1. The average Bonchev–Trinajstić information content (AvgIpc) is 2.63. The maximum atomic E-state index is 3.66. The molecule has 13 heavy (non-hydrogen) atoms. The number of hydrogen-bond acceptors (Lipinski definition) is 1. The Kier molecular flexibility index (Phi) is 1.59. The normalized spacial score (nSPS) is 35.9. The molecule has 1 nitrogen and oxygen atoms in total. The number of fused-ring (bicyclic) bond motifs is 1. The Morgan fingerprint density at radius 1 is 1.38 bits per heavy atom. The molecule has 3 aliphatic rings. The predicted molar refractivity (Wildman–Crippen MR) is 56.6 cm³/mol. The molecule has 2 heteroatoms. The summed E-state index contributed by atoms with van der Waals surface area (Å²) in [7, 11) is 0. The van der Waals surface area contributed by atoms with Crippen molar-refractivity contribution in [3.63, 3.8) is 0 Å². The summed E-state index contributed by atoms with van der Waals surface area (Å²) in [6.45, 7) is 0. The summed E-state index contributed by atoms with van der Waals surface area (Å²) in [6.07, 6.45) is 3.98. The molecule has 1 aromatic carbocycles. The molecule has 0 amide bonds. The number of nitrogens with one attached hydrogen (secondary N) is 1. The molecule has 2 saturated heterocycles. The minimum Gasteiger partial charge on any atom is -0.304 e. The number of rotatable bonds is 1. The van der Waals surface area contributed by atoms with E-state index in [2.05, 4.69) is 45.5 Å². The summed E-state index contributed by atoms with van der Waals surface area (Å²) in [4.78, 5) is 0. The van der Waals surface area contributed by atoms with Crippen LogP contribution in [-0.2, 0) is 5.54 Å². The van der Waals surface area contributed by atoms with E-state index in [4.69, 9.17) is 0 Å². The molecule has 2 bridgehead atoms. The van der Waals surface area contributed by atoms with Crippen molar-refractivity contribution in [2.75, 3.05) is 0 Å². The summed E-state index contributed by atoms with van der Waals surface area (Å²) in [5, 5.41) is 3.66. The Hall–Kier alpha value is -0.340. The zero-order valence-corrected chi connectivity index (χ0v) is 8.97. The van der Waals surface area contributed by atoms with Crippen LogP contribution in [0.4, 0.5) is 0 Å². The lowest BCUT2D eigenvalue weighted by Gasteiger charge is -2.41. The first-order valence-corrected chi connectivity index (χ1v) is 5.62. The summed E-state index contributed by atoms with van der Waals surface area (Å²) >= 11 is 3.63. The molecule has 2 heterocycles. The second-order valence-corrected chi connectivity index (χ2v) is 5.00. The summed E-state index contributed by atoms with van der Waals surface area (Å²) in [6, 6.07) is 9.38. The molecule has 0 radical (unpaired) electrons. The van der Waals surface area contributed by atoms with Crippen LogP contribution in [-0.4, -0.2) is 6.04 Å². The first-order valence-electron chi connectivity index (χ1n) is 4.83. The first-order chi connectivity index (χ1) is 6.30. The van der Waals surface area contributed by atoms with Crippen LogP contribution in [0.5, 0.6) is 0 Å². The molecule has 1 aromatic rings. The van der Waals surface area contributed by atoms with Gasteiger partial charge in [0.05, 0.1) is 0 Å². The largest absolute Gasteiger partial charge is 0.304 e. The van der Waals surface area contributed by atoms with Crippen molar-refractivity contribution >= 4 is 15.9 Å². The molecule has 2 unspecified atom stereocenters. The van der Waals surface area contributed by atoms with Crippen LogP contribution in [0, 0.1) is 0 Å². The second kappa shape index (κ2) is 2.58. The van der Waals surface area contributed by atoms with Crippen LogP contribution < -0.4 is 5.32 Å². The molecule has 68 valence electrons. The zero-order valence-electron chi connectivity index (χ0n) is 7.39. The van der Waals surface area contributed by atoms with Crippen molar-refractivity contribution in [3.05, 3.63) is 34.3 Å². The third-order valence-corrected chi connectivity index (χ3v) is 4.08. The van der Waals surface area contributed by atoms with Crippen molar-refractivity contribution in [2.45, 2.75) is 30.8 Å². The quantitative estimate of drug-likeness (QED) is 0.793. The van der Waals surface area contributed by atoms with Gasteiger partial charge in [-0.25, -0.2) is 0 Å². The highest BCUT2D eigenvalue weighted by Crippen LogP contribution is 2.49. The molecule has 3 fully saturated rings. The highest BCUT2D eigenvalue weighted by molar-refractivity contribution is 9.10. The van der Waals surface area contributed by atoms with E-state index < -0.39 is 0 Å². The third-order valence-electron chi connectivity index (χ3n) is 3.38. The lowest BCUT2D eigenvalue weighted by molar-refractivity contribution is 0.224. The van der Waals surface area contributed by atoms with E-state index in [-0.39, 0.29) is 0 Å². The van der Waals surface area contributed by atoms with Crippen LogP contribution in [0.3, 0.4) is 0 Å². The number of hydrogen-bond donors (Lipinski definition) is 1. The molecule has 4 rings (SSSR count). The Morgan fingerprint density at radius 3 is 2.77 bits per heavy atom. The third kappa shape index (κ3) is 1.02. The van der Waals surface area contributed by atoms with Gasteiger partial charge in [0.2, 0.25) is 0 Å². The Bertz CT molecular complexity index is 336. The minimum absolute atomic E-state index is 0.324. The molecule has 1 aliphatic carbocycles. The van der Waals surface area contributed by atoms with Crippen LogP contribution in [0.1, 0.15) is 24.8 Å². The van der Waals surface area contributed by atoms with Gasteiger partial charge < -0.3 is 5.32 Å². The Balaban J connectivity index is 2.05. The standard InChI is InChI=1S/C11H12BrN/c12-10-4-2-1-3-9(10)11-6-5-8(7-11)13-11/h1-4,8,13H,5-7H2. The second-order valence-electron chi connectivity index (χ2n) is 4.15. The topological polar surface area (TPSA) is 12.0 Å². The van der Waals surface area contributed by atoms with Gasteiger partial charge in [0.25, 0.3) is 0 Å². The molecule has 2 atom stereocenters. The van der Waals surface area contributed by atoms with E-state index in [1.54, 1.807) is 0 Å². The first kappa shape index (κ1) is 8.01. The van der Waals surface area contributed by atoms with E-state index in [0.717, 1.165) is 6.04 Å². The van der Waals surface area contributed by atoms with Gasteiger partial charge in [0, 0.05) is 16.1 Å². The molecule has 1 saturated carbocycles. The van der Waals surface area contributed by atoms with Gasteiger partial charge in [-0.05, 0) is 30.9 Å². The SMILES string of the molecule is Brc1ccccc1C12CCC(C1)N2.